The second kappa shape index (κ2) is 5.16. The van der Waals surface area contributed by atoms with Crippen molar-refractivity contribution < 1.29 is 4.74 Å². The molecule has 0 aromatic heterocycles. The third kappa shape index (κ3) is 2.56. The van der Waals surface area contributed by atoms with Gasteiger partial charge in [0.2, 0.25) is 0 Å². The Kier molecular flexibility index (Phi) is 3.83. The molecule has 0 saturated heterocycles. The first-order valence-corrected chi connectivity index (χ1v) is 6.60. The van der Waals surface area contributed by atoms with E-state index in [1.807, 2.05) is 0 Å². The number of hydrogen-bond acceptors (Lipinski definition) is 3. The highest BCUT2D eigenvalue weighted by Gasteiger charge is 2.40. The molecule has 2 atom stereocenters. The molecule has 90 valence electrons. The highest BCUT2D eigenvalue weighted by Crippen LogP contribution is 2.35. The first-order chi connectivity index (χ1) is 7.78. The van der Waals surface area contributed by atoms with Crippen molar-refractivity contribution in [1.82, 2.24) is 5.32 Å². The van der Waals surface area contributed by atoms with E-state index in [2.05, 4.69) is 18.3 Å². The van der Waals surface area contributed by atoms with Gasteiger partial charge in [-0.15, -0.1) is 0 Å². The molecule has 2 unspecified atom stereocenters. The average Bonchev–Trinajstić information content (AvgIpc) is 2.65. The van der Waals surface area contributed by atoms with Gasteiger partial charge in [-0.2, -0.15) is 5.26 Å². The standard InChI is InChI=1S/C13H22N2O/c1-2-8-15-13(10-14)7-6-12(9-13)16-11-4-3-5-11/h11-12,15H,2-9H2,1H3. The Morgan fingerprint density at radius 1 is 1.38 bits per heavy atom. The largest absolute Gasteiger partial charge is 0.375 e. The van der Waals surface area contributed by atoms with Crippen LogP contribution < -0.4 is 5.32 Å². The van der Waals surface area contributed by atoms with Gasteiger partial charge in [-0.05, 0) is 45.1 Å². The Bertz CT molecular complexity index is 270. The molecule has 0 amide bonds. The average molecular weight is 222 g/mol. The van der Waals surface area contributed by atoms with Gasteiger partial charge >= 0.3 is 0 Å². The number of rotatable bonds is 5. The number of nitriles is 1. The van der Waals surface area contributed by atoms with Crippen molar-refractivity contribution in [2.75, 3.05) is 6.54 Å². The van der Waals surface area contributed by atoms with Crippen molar-refractivity contribution in [2.24, 2.45) is 0 Å². The van der Waals surface area contributed by atoms with Crippen molar-refractivity contribution in [3.8, 4) is 6.07 Å². The zero-order valence-corrected chi connectivity index (χ0v) is 10.2. The summed E-state index contributed by atoms with van der Waals surface area (Å²) >= 11 is 0. The van der Waals surface area contributed by atoms with E-state index in [0.29, 0.717) is 12.2 Å². The van der Waals surface area contributed by atoms with Gasteiger partial charge in [0.15, 0.2) is 0 Å². The van der Waals surface area contributed by atoms with Crippen LogP contribution in [0.25, 0.3) is 0 Å². The van der Waals surface area contributed by atoms with Crippen molar-refractivity contribution in [3.05, 3.63) is 0 Å². The normalized spacial score (nSPS) is 34.6. The first kappa shape index (κ1) is 11.9. The molecule has 0 radical (unpaired) electrons. The molecule has 0 spiro atoms. The first-order valence-electron chi connectivity index (χ1n) is 6.60. The van der Waals surface area contributed by atoms with Crippen molar-refractivity contribution in [1.29, 1.82) is 5.26 Å². The maximum absolute atomic E-state index is 9.30. The Hall–Kier alpha value is -0.590. The van der Waals surface area contributed by atoms with E-state index in [9.17, 15) is 5.26 Å². The Balaban J connectivity index is 1.81. The summed E-state index contributed by atoms with van der Waals surface area (Å²) in [6.45, 7) is 3.07. The molecule has 2 fully saturated rings. The van der Waals surface area contributed by atoms with Crippen LogP contribution in [-0.4, -0.2) is 24.3 Å². The summed E-state index contributed by atoms with van der Waals surface area (Å²) in [5.74, 6) is 0. The zero-order valence-electron chi connectivity index (χ0n) is 10.2. The van der Waals surface area contributed by atoms with Crippen LogP contribution in [-0.2, 0) is 4.74 Å². The summed E-state index contributed by atoms with van der Waals surface area (Å²) in [5.41, 5.74) is -0.301. The van der Waals surface area contributed by atoms with Crippen LogP contribution in [0.2, 0.25) is 0 Å². The second-order valence-electron chi connectivity index (χ2n) is 5.17. The molecule has 3 nitrogen and oxygen atoms in total. The highest BCUT2D eigenvalue weighted by atomic mass is 16.5. The Morgan fingerprint density at radius 2 is 2.19 bits per heavy atom. The second-order valence-corrected chi connectivity index (χ2v) is 5.17. The van der Waals surface area contributed by atoms with Gasteiger partial charge in [-0.3, -0.25) is 5.32 Å². The molecular weight excluding hydrogens is 200 g/mol. The van der Waals surface area contributed by atoms with Gasteiger partial charge in [-0.1, -0.05) is 6.92 Å². The summed E-state index contributed by atoms with van der Waals surface area (Å²) in [7, 11) is 0. The molecule has 2 saturated carbocycles. The molecule has 2 aliphatic carbocycles. The van der Waals surface area contributed by atoms with Gasteiger partial charge in [0.25, 0.3) is 0 Å². The fraction of sp³-hybridized carbons (Fsp3) is 0.923. The Labute approximate surface area is 98.2 Å². The molecule has 0 aromatic carbocycles. The number of hydrogen-bond donors (Lipinski definition) is 1. The topological polar surface area (TPSA) is 45.0 Å². The minimum Gasteiger partial charge on any atom is -0.375 e. The quantitative estimate of drug-likeness (QED) is 0.776. The van der Waals surface area contributed by atoms with Crippen LogP contribution in [0, 0.1) is 11.3 Å². The van der Waals surface area contributed by atoms with Crippen LogP contribution in [0.4, 0.5) is 0 Å². The molecule has 0 aromatic rings. The fourth-order valence-corrected chi connectivity index (χ4v) is 2.56. The number of nitrogens with zero attached hydrogens (tertiary/aromatic N) is 1. The summed E-state index contributed by atoms with van der Waals surface area (Å²) in [6, 6.07) is 2.46. The van der Waals surface area contributed by atoms with Crippen molar-refractivity contribution in [2.45, 2.75) is 69.6 Å². The highest BCUT2D eigenvalue weighted by molar-refractivity contribution is 5.12. The SMILES string of the molecule is CCCNC1(C#N)CCC(OC2CCC2)C1. The lowest BCUT2D eigenvalue weighted by molar-refractivity contribution is -0.0493. The molecule has 2 rings (SSSR count). The van der Waals surface area contributed by atoms with Crippen molar-refractivity contribution >= 4 is 0 Å². The van der Waals surface area contributed by atoms with E-state index < -0.39 is 0 Å². The predicted octanol–water partition coefficient (Wildman–Crippen LogP) is 2.37. The van der Waals surface area contributed by atoms with Crippen LogP contribution in [0.3, 0.4) is 0 Å². The smallest absolute Gasteiger partial charge is 0.109 e. The summed E-state index contributed by atoms with van der Waals surface area (Å²) in [5, 5.41) is 12.7. The minimum atomic E-state index is -0.301. The molecule has 0 bridgehead atoms. The van der Waals surface area contributed by atoms with Gasteiger partial charge < -0.3 is 4.74 Å². The maximum Gasteiger partial charge on any atom is 0.109 e. The predicted molar refractivity (Wildman–Crippen MR) is 63.0 cm³/mol. The number of nitrogens with one attached hydrogen (secondary N) is 1. The van der Waals surface area contributed by atoms with Crippen LogP contribution in [0.15, 0.2) is 0 Å². The van der Waals surface area contributed by atoms with E-state index in [4.69, 9.17) is 4.74 Å². The molecule has 3 heteroatoms. The summed E-state index contributed by atoms with van der Waals surface area (Å²) < 4.78 is 5.99. The maximum atomic E-state index is 9.30. The van der Waals surface area contributed by atoms with E-state index in [1.54, 1.807) is 0 Å². The zero-order chi connectivity index (χ0) is 11.4. The summed E-state index contributed by atoms with van der Waals surface area (Å²) in [4.78, 5) is 0. The van der Waals surface area contributed by atoms with Gasteiger partial charge in [0.05, 0.1) is 18.3 Å². The van der Waals surface area contributed by atoms with Gasteiger partial charge in [0.1, 0.15) is 5.54 Å². The fourth-order valence-electron chi connectivity index (χ4n) is 2.56. The van der Waals surface area contributed by atoms with E-state index in [-0.39, 0.29) is 5.54 Å². The third-order valence-electron chi connectivity index (χ3n) is 3.83. The monoisotopic (exact) mass is 222 g/mol. The molecule has 1 N–H and O–H groups in total. The van der Waals surface area contributed by atoms with Crippen molar-refractivity contribution in [3.63, 3.8) is 0 Å². The lowest BCUT2D eigenvalue weighted by Gasteiger charge is -2.29. The van der Waals surface area contributed by atoms with E-state index in [1.165, 1.54) is 19.3 Å². The van der Waals surface area contributed by atoms with Crippen LogP contribution >= 0.6 is 0 Å². The van der Waals surface area contributed by atoms with Gasteiger partial charge in [0, 0.05) is 6.42 Å². The van der Waals surface area contributed by atoms with Gasteiger partial charge in [-0.25, -0.2) is 0 Å². The lowest BCUT2D eigenvalue weighted by Crippen LogP contribution is -2.42. The van der Waals surface area contributed by atoms with E-state index >= 15 is 0 Å². The molecular formula is C13H22N2O. The molecule has 16 heavy (non-hydrogen) atoms. The van der Waals surface area contributed by atoms with Crippen LogP contribution in [0.5, 0.6) is 0 Å². The number of ether oxygens (including phenoxy) is 1. The third-order valence-corrected chi connectivity index (χ3v) is 3.83. The molecule has 2 aliphatic rings. The lowest BCUT2D eigenvalue weighted by atomic mass is 9.95. The Morgan fingerprint density at radius 3 is 2.75 bits per heavy atom. The van der Waals surface area contributed by atoms with Crippen LogP contribution in [0.1, 0.15) is 51.9 Å². The minimum absolute atomic E-state index is 0.301. The van der Waals surface area contributed by atoms with E-state index in [0.717, 1.165) is 32.2 Å². The molecule has 0 aliphatic heterocycles. The summed E-state index contributed by atoms with van der Waals surface area (Å²) in [6.07, 6.45) is 8.50. The molecule has 0 heterocycles.